The summed E-state index contributed by atoms with van der Waals surface area (Å²) in [7, 11) is 0. The number of hydrogen-bond donors (Lipinski definition) is 3. The molecule has 1 atom stereocenters. The van der Waals surface area contributed by atoms with E-state index in [1.807, 2.05) is 6.07 Å². The van der Waals surface area contributed by atoms with Crippen LogP contribution < -0.4 is 16.6 Å². The Bertz CT molecular complexity index is 473. The molecule has 0 bridgehead atoms. The SMILES string of the molecule is CC(CN1CCOCC1)Nc1cc(NN)nc(C2CC2)n1. The Labute approximate surface area is 125 Å². The van der Waals surface area contributed by atoms with E-state index in [1.165, 1.54) is 12.8 Å². The molecule has 1 aliphatic carbocycles. The lowest BCUT2D eigenvalue weighted by molar-refractivity contribution is 0.0368. The summed E-state index contributed by atoms with van der Waals surface area (Å²) in [6.45, 7) is 6.81. The topological polar surface area (TPSA) is 88.3 Å². The van der Waals surface area contributed by atoms with Gasteiger partial charge in [0.1, 0.15) is 17.5 Å². The van der Waals surface area contributed by atoms with Crippen LogP contribution in [0.25, 0.3) is 0 Å². The van der Waals surface area contributed by atoms with Gasteiger partial charge in [-0.25, -0.2) is 15.8 Å². The molecule has 3 rings (SSSR count). The van der Waals surface area contributed by atoms with Gasteiger partial charge in [0.2, 0.25) is 0 Å². The van der Waals surface area contributed by atoms with Crippen molar-refractivity contribution >= 4 is 11.6 Å². The van der Waals surface area contributed by atoms with E-state index in [0.29, 0.717) is 17.8 Å². The minimum Gasteiger partial charge on any atom is -0.379 e. The number of nitrogens with one attached hydrogen (secondary N) is 2. The number of anilines is 2. The van der Waals surface area contributed by atoms with Gasteiger partial charge in [0.05, 0.1) is 13.2 Å². The monoisotopic (exact) mass is 292 g/mol. The normalized spacial score (nSPS) is 21.0. The molecule has 1 aromatic rings. The molecule has 1 saturated carbocycles. The van der Waals surface area contributed by atoms with Gasteiger partial charge >= 0.3 is 0 Å². The Balaban J connectivity index is 1.61. The lowest BCUT2D eigenvalue weighted by Crippen LogP contribution is -2.42. The lowest BCUT2D eigenvalue weighted by Gasteiger charge is -2.29. The quantitative estimate of drug-likeness (QED) is 0.527. The van der Waals surface area contributed by atoms with Gasteiger partial charge in [-0.3, -0.25) is 4.90 Å². The van der Waals surface area contributed by atoms with Crippen molar-refractivity contribution in [2.75, 3.05) is 43.6 Å². The average molecular weight is 292 g/mol. The first-order valence-electron chi connectivity index (χ1n) is 7.67. The molecule has 7 nitrogen and oxygen atoms in total. The fraction of sp³-hybridized carbons (Fsp3) is 0.714. The van der Waals surface area contributed by atoms with Crippen molar-refractivity contribution in [3.05, 3.63) is 11.9 Å². The predicted molar refractivity (Wildman–Crippen MR) is 82.2 cm³/mol. The van der Waals surface area contributed by atoms with Crippen LogP contribution in [0.2, 0.25) is 0 Å². The molecule has 0 radical (unpaired) electrons. The van der Waals surface area contributed by atoms with Crippen LogP contribution >= 0.6 is 0 Å². The van der Waals surface area contributed by atoms with Crippen molar-refractivity contribution in [2.24, 2.45) is 5.84 Å². The van der Waals surface area contributed by atoms with Crippen LogP contribution in [0.5, 0.6) is 0 Å². The van der Waals surface area contributed by atoms with E-state index in [1.54, 1.807) is 0 Å². The van der Waals surface area contributed by atoms with Gasteiger partial charge in [0, 0.05) is 37.7 Å². The molecule has 1 unspecified atom stereocenters. The molecule has 0 aromatic carbocycles. The van der Waals surface area contributed by atoms with Crippen LogP contribution in [0.4, 0.5) is 11.6 Å². The molecule has 4 N–H and O–H groups in total. The maximum atomic E-state index is 5.50. The largest absolute Gasteiger partial charge is 0.379 e. The highest BCUT2D eigenvalue weighted by molar-refractivity contribution is 5.48. The van der Waals surface area contributed by atoms with Gasteiger partial charge < -0.3 is 15.5 Å². The summed E-state index contributed by atoms with van der Waals surface area (Å²) in [4.78, 5) is 11.4. The smallest absolute Gasteiger partial charge is 0.145 e. The minimum atomic E-state index is 0.315. The highest BCUT2D eigenvalue weighted by atomic mass is 16.5. The molecule has 2 fully saturated rings. The summed E-state index contributed by atoms with van der Waals surface area (Å²) < 4.78 is 5.37. The highest BCUT2D eigenvalue weighted by Crippen LogP contribution is 2.38. The Kier molecular flexibility index (Phi) is 4.52. The number of ether oxygens (including phenoxy) is 1. The maximum Gasteiger partial charge on any atom is 0.145 e. The number of nitrogen functional groups attached to an aromatic ring is 1. The summed E-state index contributed by atoms with van der Waals surface area (Å²) in [6.07, 6.45) is 2.35. The van der Waals surface area contributed by atoms with Crippen molar-refractivity contribution in [1.82, 2.24) is 14.9 Å². The van der Waals surface area contributed by atoms with Crippen LogP contribution in [-0.2, 0) is 4.74 Å². The van der Waals surface area contributed by atoms with E-state index >= 15 is 0 Å². The van der Waals surface area contributed by atoms with Gasteiger partial charge in [0.25, 0.3) is 0 Å². The highest BCUT2D eigenvalue weighted by Gasteiger charge is 2.27. The third kappa shape index (κ3) is 4.03. The van der Waals surface area contributed by atoms with Crippen LogP contribution in [0.15, 0.2) is 6.07 Å². The molecule has 7 heteroatoms. The van der Waals surface area contributed by atoms with Gasteiger partial charge in [-0.15, -0.1) is 0 Å². The second kappa shape index (κ2) is 6.55. The number of morpholine rings is 1. The van der Waals surface area contributed by atoms with Gasteiger partial charge in [-0.05, 0) is 19.8 Å². The van der Waals surface area contributed by atoms with E-state index in [0.717, 1.165) is 44.5 Å². The lowest BCUT2D eigenvalue weighted by atomic mass is 10.3. The van der Waals surface area contributed by atoms with E-state index in [9.17, 15) is 0 Å². The average Bonchev–Trinajstić information content (AvgIpc) is 3.32. The van der Waals surface area contributed by atoms with Crippen LogP contribution in [0.3, 0.4) is 0 Å². The van der Waals surface area contributed by atoms with Gasteiger partial charge in [-0.1, -0.05) is 0 Å². The second-order valence-corrected chi connectivity index (χ2v) is 5.87. The van der Waals surface area contributed by atoms with Crippen molar-refractivity contribution in [3.8, 4) is 0 Å². The van der Waals surface area contributed by atoms with Crippen molar-refractivity contribution in [1.29, 1.82) is 0 Å². The third-order valence-electron chi connectivity index (χ3n) is 3.86. The molecular weight excluding hydrogens is 268 g/mol. The van der Waals surface area contributed by atoms with E-state index in [2.05, 4.69) is 32.5 Å². The zero-order valence-corrected chi connectivity index (χ0v) is 12.5. The summed E-state index contributed by atoms with van der Waals surface area (Å²) in [6, 6.07) is 2.18. The summed E-state index contributed by atoms with van der Waals surface area (Å²) in [5.41, 5.74) is 2.63. The van der Waals surface area contributed by atoms with E-state index < -0.39 is 0 Å². The van der Waals surface area contributed by atoms with Crippen molar-refractivity contribution in [2.45, 2.75) is 31.7 Å². The maximum absolute atomic E-state index is 5.50. The molecular formula is C14H24N6O. The molecule has 1 aliphatic heterocycles. The third-order valence-corrected chi connectivity index (χ3v) is 3.86. The van der Waals surface area contributed by atoms with Crippen LogP contribution in [-0.4, -0.2) is 53.8 Å². The van der Waals surface area contributed by atoms with Crippen molar-refractivity contribution < 1.29 is 4.74 Å². The first kappa shape index (κ1) is 14.5. The molecule has 0 spiro atoms. The Hall–Kier alpha value is -1.44. The van der Waals surface area contributed by atoms with Crippen molar-refractivity contribution in [3.63, 3.8) is 0 Å². The molecule has 0 amide bonds. The fourth-order valence-corrected chi connectivity index (χ4v) is 2.61. The molecule has 21 heavy (non-hydrogen) atoms. The summed E-state index contributed by atoms with van der Waals surface area (Å²) >= 11 is 0. The van der Waals surface area contributed by atoms with Crippen LogP contribution in [0, 0.1) is 0 Å². The minimum absolute atomic E-state index is 0.315. The Morgan fingerprint density at radius 2 is 2.05 bits per heavy atom. The molecule has 116 valence electrons. The number of aromatic nitrogens is 2. The van der Waals surface area contributed by atoms with Gasteiger partial charge in [-0.2, -0.15) is 0 Å². The Morgan fingerprint density at radius 1 is 1.33 bits per heavy atom. The molecule has 2 heterocycles. The first-order valence-corrected chi connectivity index (χ1v) is 7.67. The summed E-state index contributed by atoms with van der Waals surface area (Å²) in [5, 5.41) is 3.46. The number of hydrazine groups is 1. The fourth-order valence-electron chi connectivity index (χ4n) is 2.61. The molecule has 1 saturated heterocycles. The van der Waals surface area contributed by atoms with E-state index in [-0.39, 0.29) is 0 Å². The van der Waals surface area contributed by atoms with Gasteiger partial charge in [0.15, 0.2) is 0 Å². The standard InChI is InChI=1S/C14H24N6O/c1-10(9-20-4-6-21-7-5-20)16-12-8-13(19-15)18-14(17-12)11-2-3-11/h8,10-11H,2-7,9,15H2,1H3,(H2,16,17,18,19). The number of nitrogens with two attached hydrogens (primary N) is 1. The molecule has 1 aromatic heterocycles. The molecule has 2 aliphatic rings. The predicted octanol–water partition coefficient (Wildman–Crippen LogP) is 0.772. The number of rotatable bonds is 6. The zero-order valence-electron chi connectivity index (χ0n) is 12.5. The second-order valence-electron chi connectivity index (χ2n) is 5.87. The Morgan fingerprint density at radius 3 is 2.71 bits per heavy atom. The zero-order chi connectivity index (χ0) is 14.7. The number of hydrogen-bond acceptors (Lipinski definition) is 7. The number of nitrogens with zero attached hydrogens (tertiary/aromatic N) is 3. The van der Waals surface area contributed by atoms with Crippen LogP contribution in [0.1, 0.15) is 31.5 Å². The first-order chi connectivity index (χ1) is 10.2. The summed E-state index contributed by atoms with van der Waals surface area (Å²) in [5.74, 6) is 8.42. The van der Waals surface area contributed by atoms with E-state index in [4.69, 9.17) is 10.6 Å².